The first-order chi connectivity index (χ1) is 6.47. The van der Waals surface area contributed by atoms with Gasteiger partial charge in [0, 0.05) is 7.11 Å². The lowest BCUT2D eigenvalue weighted by Crippen LogP contribution is -2.32. The number of carbonyl (C=O) groups is 1. The van der Waals surface area contributed by atoms with Crippen molar-refractivity contribution in [2.75, 3.05) is 13.5 Å². The second-order valence-electron chi connectivity index (χ2n) is 3.13. The molecule has 2 atom stereocenters. The van der Waals surface area contributed by atoms with Gasteiger partial charge in [-0.05, 0) is 25.3 Å². The average molecular weight is 222 g/mol. The Kier molecular flexibility index (Phi) is 6.62. The summed E-state index contributed by atoms with van der Waals surface area (Å²) in [5, 5.41) is 2.60. The summed E-state index contributed by atoms with van der Waals surface area (Å²) in [5.41, 5.74) is 0. The smallest absolute Gasteiger partial charge is 0.461 e. The molecule has 0 amide bonds. The van der Waals surface area contributed by atoms with Crippen LogP contribution >= 0.6 is 7.95 Å². The first-order valence-electron chi connectivity index (χ1n) is 4.37. The highest BCUT2D eigenvalue weighted by Gasteiger charge is 2.25. The maximum atomic E-state index is 11.2. The molecule has 0 heterocycles. The summed E-state index contributed by atoms with van der Waals surface area (Å²) in [6.07, 6.45) is -0.0682. The molecule has 6 heteroatoms. The number of rotatable bonds is 6. The molecule has 2 unspecified atom stereocenters. The largest absolute Gasteiger partial charge is 0.462 e. The molecule has 0 aliphatic rings. The van der Waals surface area contributed by atoms with Crippen molar-refractivity contribution < 1.29 is 18.8 Å². The van der Waals surface area contributed by atoms with E-state index in [9.17, 15) is 9.36 Å². The highest BCUT2D eigenvalue weighted by atomic mass is 31.1. The van der Waals surface area contributed by atoms with Crippen LogP contribution in [0.25, 0.3) is 0 Å². The predicted octanol–water partition coefficient (Wildman–Crippen LogP) is 1.26. The van der Waals surface area contributed by atoms with Crippen LogP contribution in [0.5, 0.6) is 0 Å². The van der Waals surface area contributed by atoms with Crippen molar-refractivity contribution in [2.24, 2.45) is 0 Å². The number of methoxy groups -OCH3 is 1. The molecule has 0 bridgehead atoms. The van der Waals surface area contributed by atoms with E-state index in [4.69, 9.17) is 4.74 Å². The van der Waals surface area contributed by atoms with Gasteiger partial charge in [-0.3, -0.25) is 4.79 Å². The molecule has 0 spiro atoms. The van der Waals surface area contributed by atoms with E-state index >= 15 is 0 Å². The van der Waals surface area contributed by atoms with Crippen molar-refractivity contribution in [1.29, 1.82) is 0 Å². The maximum absolute atomic E-state index is 11.2. The van der Waals surface area contributed by atoms with Gasteiger partial charge in [-0.25, -0.2) is 0 Å². The van der Waals surface area contributed by atoms with Crippen molar-refractivity contribution in [2.45, 2.75) is 32.9 Å². The molecule has 0 aliphatic heterocycles. The van der Waals surface area contributed by atoms with E-state index in [1.165, 1.54) is 7.11 Å². The van der Waals surface area contributed by atoms with E-state index in [1.807, 2.05) is 0 Å². The van der Waals surface area contributed by atoms with Gasteiger partial charge in [0.25, 0.3) is 6.35 Å². The molecule has 0 aromatic heterocycles. The highest BCUT2D eigenvalue weighted by Crippen LogP contribution is 2.15. The second kappa shape index (κ2) is 6.87. The first kappa shape index (κ1) is 13.5. The molecule has 1 N–H and O–H groups in total. The van der Waals surface area contributed by atoms with E-state index in [2.05, 4.69) is 9.82 Å². The summed E-state index contributed by atoms with van der Waals surface area (Å²) >= 11 is 0. The predicted molar refractivity (Wildman–Crippen MR) is 53.3 cm³/mol. The monoisotopic (exact) mass is 222 g/mol. The zero-order valence-electron chi connectivity index (χ0n) is 8.94. The molecule has 0 saturated carbocycles. The fourth-order valence-corrected chi connectivity index (χ4v) is 1.60. The summed E-state index contributed by atoms with van der Waals surface area (Å²) in [4.78, 5) is 11.2. The Hall–Kier alpha value is -0.510. The molecule has 0 rings (SSSR count). The van der Waals surface area contributed by atoms with Crippen LogP contribution in [0.2, 0.25) is 0 Å². The van der Waals surface area contributed by atoms with Gasteiger partial charge in [-0.1, -0.05) is 5.09 Å². The van der Waals surface area contributed by atoms with Crippen molar-refractivity contribution in [1.82, 2.24) is 5.09 Å². The van der Waals surface area contributed by atoms with Gasteiger partial charge >= 0.3 is 13.9 Å². The number of nitrogens with one attached hydrogen (secondary N) is 1. The van der Waals surface area contributed by atoms with Crippen LogP contribution < -0.4 is 5.09 Å². The van der Waals surface area contributed by atoms with Gasteiger partial charge in [-0.2, -0.15) is 0 Å². The van der Waals surface area contributed by atoms with E-state index in [-0.39, 0.29) is 12.5 Å². The topological polar surface area (TPSA) is 64.6 Å². The molecule has 0 radical (unpaired) electrons. The Morgan fingerprint density at radius 3 is 2.43 bits per heavy atom. The van der Waals surface area contributed by atoms with Gasteiger partial charge in [0.05, 0.1) is 6.10 Å². The summed E-state index contributed by atoms with van der Waals surface area (Å²) in [5.74, 6) is -0.403. The molecule has 5 nitrogen and oxygen atoms in total. The number of hydrogen-bond acceptors (Lipinski definition) is 4. The van der Waals surface area contributed by atoms with E-state index in [0.717, 1.165) is 0 Å². The van der Waals surface area contributed by atoms with Gasteiger partial charge < -0.3 is 9.47 Å². The van der Waals surface area contributed by atoms with E-state index < -0.39 is 20.0 Å². The van der Waals surface area contributed by atoms with Gasteiger partial charge in [0.1, 0.15) is 6.04 Å². The van der Waals surface area contributed by atoms with Crippen LogP contribution in [-0.4, -0.2) is 31.6 Å². The molecule has 0 aromatic carbocycles. The summed E-state index contributed by atoms with van der Waals surface area (Å²) in [6.45, 7) is 5.13. The zero-order chi connectivity index (χ0) is 11.1. The van der Waals surface area contributed by atoms with E-state index in [1.54, 1.807) is 20.8 Å². The average Bonchev–Trinajstić information content (AvgIpc) is 2.02. The SMILES string of the molecule is COC[P+](=O)NC(C)C(=O)OC(C)C. The quantitative estimate of drug-likeness (QED) is 0.541. The molecular formula is C8H17NO4P+. The normalized spacial score (nSPS) is 13.9. The summed E-state index contributed by atoms with van der Waals surface area (Å²) in [6, 6.07) is -0.573. The molecule has 14 heavy (non-hydrogen) atoms. The third-order valence-electron chi connectivity index (χ3n) is 1.29. The first-order valence-corrected chi connectivity index (χ1v) is 5.82. The zero-order valence-corrected chi connectivity index (χ0v) is 9.84. The second-order valence-corrected chi connectivity index (χ2v) is 4.41. The molecule has 0 saturated heterocycles. The number of hydrogen-bond donors (Lipinski definition) is 1. The Morgan fingerprint density at radius 1 is 1.43 bits per heavy atom. The van der Waals surface area contributed by atoms with Crippen molar-refractivity contribution >= 4 is 13.9 Å². The minimum Gasteiger partial charge on any atom is -0.462 e. The maximum Gasteiger partial charge on any atom is 0.461 e. The van der Waals surface area contributed by atoms with Crippen molar-refractivity contribution in [3.63, 3.8) is 0 Å². The summed E-state index contributed by atoms with van der Waals surface area (Å²) < 4.78 is 20.7. The van der Waals surface area contributed by atoms with Crippen LogP contribution in [0, 0.1) is 0 Å². The molecule has 0 fully saturated rings. The Labute approximate surface area is 85.0 Å². The Balaban J connectivity index is 3.88. The molecular weight excluding hydrogens is 205 g/mol. The van der Waals surface area contributed by atoms with Crippen LogP contribution in [0.3, 0.4) is 0 Å². The Morgan fingerprint density at radius 2 is 2.00 bits per heavy atom. The fourth-order valence-electron chi connectivity index (χ4n) is 0.758. The lowest BCUT2D eigenvalue weighted by molar-refractivity contribution is -0.148. The van der Waals surface area contributed by atoms with E-state index in [0.29, 0.717) is 0 Å². The minimum absolute atomic E-state index is 0.0919. The molecule has 82 valence electrons. The van der Waals surface area contributed by atoms with Crippen LogP contribution in [0.15, 0.2) is 0 Å². The third-order valence-corrected chi connectivity index (χ3v) is 2.46. The minimum atomic E-state index is -1.70. The number of ether oxygens (including phenoxy) is 2. The van der Waals surface area contributed by atoms with Crippen molar-refractivity contribution in [3.05, 3.63) is 0 Å². The third kappa shape index (κ3) is 6.02. The molecule has 0 aliphatic carbocycles. The Bertz CT molecular complexity index is 208. The standard InChI is InChI=1S/C8H17NO4P/c1-6(2)13-8(10)7(3)9-14(11)5-12-4/h6-7H,5H2,1-4H3,(H,9,11)/q+1. The van der Waals surface area contributed by atoms with Crippen LogP contribution in [-0.2, 0) is 18.8 Å². The number of esters is 1. The van der Waals surface area contributed by atoms with Crippen molar-refractivity contribution in [3.8, 4) is 0 Å². The van der Waals surface area contributed by atoms with Gasteiger partial charge in [0.2, 0.25) is 0 Å². The molecule has 0 aromatic rings. The highest BCUT2D eigenvalue weighted by molar-refractivity contribution is 7.42. The summed E-state index contributed by atoms with van der Waals surface area (Å²) in [7, 11) is -0.250. The van der Waals surface area contributed by atoms with Crippen LogP contribution in [0.4, 0.5) is 0 Å². The van der Waals surface area contributed by atoms with Gasteiger partial charge in [0.15, 0.2) is 0 Å². The van der Waals surface area contributed by atoms with Crippen LogP contribution in [0.1, 0.15) is 20.8 Å². The number of carbonyl (C=O) groups excluding carboxylic acids is 1. The fraction of sp³-hybridized carbons (Fsp3) is 0.875. The lowest BCUT2D eigenvalue weighted by atomic mass is 10.4. The lowest BCUT2D eigenvalue weighted by Gasteiger charge is -2.10. The van der Waals surface area contributed by atoms with Gasteiger partial charge in [-0.15, -0.1) is 0 Å².